The van der Waals surface area contributed by atoms with Crippen molar-refractivity contribution in [3.05, 3.63) is 63.7 Å². The predicted molar refractivity (Wildman–Crippen MR) is 114 cm³/mol. The van der Waals surface area contributed by atoms with E-state index in [-0.39, 0.29) is 37.2 Å². The van der Waals surface area contributed by atoms with E-state index in [0.29, 0.717) is 18.4 Å². The molecule has 0 radical (unpaired) electrons. The summed E-state index contributed by atoms with van der Waals surface area (Å²) in [4.78, 5) is 22.3. The number of nitro benzene ring substituents is 1. The third-order valence-electron chi connectivity index (χ3n) is 5.06. The SMILES string of the molecule is O=C(CCNc1ccc(C(F)(F)F)cc1[N+](=O)[O-])NCc1ccc(OCC2CCCO2)cc1. The zero-order valence-corrected chi connectivity index (χ0v) is 17.7. The average Bonchev–Trinajstić information content (AvgIpc) is 3.30. The lowest BCUT2D eigenvalue weighted by Gasteiger charge is -2.12. The van der Waals surface area contributed by atoms with Crippen molar-refractivity contribution in [3.8, 4) is 5.75 Å². The second-order valence-corrected chi connectivity index (χ2v) is 7.53. The van der Waals surface area contributed by atoms with E-state index in [1.165, 1.54) is 0 Å². The summed E-state index contributed by atoms with van der Waals surface area (Å²) in [7, 11) is 0. The highest BCUT2D eigenvalue weighted by Crippen LogP contribution is 2.34. The normalized spacial score (nSPS) is 15.8. The molecule has 0 aromatic heterocycles. The van der Waals surface area contributed by atoms with E-state index in [1.807, 2.05) is 24.3 Å². The van der Waals surface area contributed by atoms with Gasteiger partial charge in [-0.15, -0.1) is 0 Å². The third-order valence-corrected chi connectivity index (χ3v) is 5.06. The van der Waals surface area contributed by atoms with Crippen LogP contribution in [0.3, 0.4) is 0 Å². The van der Waals surface area contributed by atoms with Crippen LogP contribution in [0, 0.1) is 10.1 Å². The Morgan fingerprint density at radius 2 is 1.97 bits per heavy atom. The maximum absolute atomic E-state index is 12.8. The van der Waals surface area contributed by atoms with Crippen molar-refractivity contribution in [2.45, 2.75) is 38.1 Å². The second-order valence-electron chi connectivity index (χ2n) is 7.53. The van der Waals surface area contributed by atoms with Crippen molar-refractivity contribution in [2.24, 2.45) is 0 Å². The Labute approximate surface area is 188 Å². The molecule has 1 aliphatic heterocycles. The lowest BCUT2D eigenvalue weighted by atomic mass is 10.1. The average molecular weight is 467 g/mol. The number of nitrogens with zero attached hydrogens (tertiary/aromatic N) is 1. The van der Waals surface area contributed by atoms with Crippen LogP contribution in [0.1, 0.15) is 30.4 Å². The fourth-order valence-corrected chi connectivity index (χ4v) is 3.28. The van der Waals surface area contributed by atoms with Gasteiger partial charge in [0, 0.05) is 32.2 Å². The van der Waals surface area contributed by atoms with Crippen molar-refractivity contribution < 1.29 is 32.4 Å². The summed E-state index contributed by atoms with van der Waals surface area (Å²) < 4.78 is 49.5. The maximum Gasteiger partial charge on any atom is 0.416 e. The topological polar surface area (TPSA) is 103 Å². The summed E-state index contributed by atoms with van der Waals surface area (Å²) in [5.41, 5.74) is -1.04. The summed E-state index contributed by atoms with van der Waals surface area (Å²) in [5.74, 6) is 0.402. The quantitative estimate of drug-likeness (QED) is 0.399. The number of amides is 1. The van der Waals surface area contributed by atoms with Gasteiger partial charge in [-0.25, -0.2) is 0 Å². The first-order chi connectivity index (χ1) is 15.7. The molecule has 1 amide bonds. The molecule has 3 rings (SSSR count). The molecule has 0 saturated carbocycles. The summed E-state index contributed by atoms with van der Waals surface area (Å²) in [5, 5.41) is 16.5. The maximum atomic E-state index is 12.8. The van der Waals surface area contributed by atoms with Gasteiger partial charge in [-0.1, -0.05) is 12.1 Å². The molecule has 1 fully saturated rings. The van der Waals surface area contributed by atoms with Crippen molar-refractivity contribution in [1.29, 1.82) is 0 Å². The molecule has 1 atom stereocenters. The van der Waals surface area contributed by atoms with Gasteiger partial charge in [-0.05, 0) is 42.7 Å². The van der Waals surface area contributed by atoms with Crippen LogP contribution in [0.2, 0.25) is 0 Å². The molecule has 178 valence electrons. The minimum atomic E-state index is -4.68. The first kappa shape index (κ1) is 24.3. The van der Waals surface area contributed by atoms with Gasteiger partial charge in [0.05, 0.1) is 16.6 Å². The summed E-state index contributed by atoms with van der Waals surface area (Å²) >= 11 is 0. The molecule has 1 heterocycles. The van der Waals surface area contributed by atoms with E-state index in [0.717, 1.165) is 37.1 Å². The molecule has 1 aliphatic rings. The summed E-state index contributed by atoms with van der Waals surface area (Å²) in [6, 6.07) is 9.48. The van der Waals surface area contributed by atoms with E-state index in [2.05, 4.69) is 10.6 Å². The highest BCUT2D eigenvalue weighted by atomic mass is 19.4. The zero-order chi connectivity index (χ0) is 23.8. The van der Waals surface area contributed by atoms with Crippen LogP contribution in [-0.2, 0) is 22.3 Å². The van der Waals surface area contributed by atoms with Crippen LogP contribution in [-0.4, -0.2) is 36.7 Å². The molecule has 1 unspecified atom stereocenters. The summed E-state index contributed by atoms with van der Waals surface area (Å²) in [6.07, 6.45) is -2.53. The summed E-state index contributed by atoms with van der Waals surface area (Å²) in [6.45, 7) is 1.57. The van der Waals surface area contributed by atoms with E-state index < -0.39 is 22.4 Å². The van der Waals surface area contributed by atoms with Gasteiger partial charge >= 0.3 is 6.18 Å². The van der Waals surface area contributed by atoms with Gasteiger partial charge in [0.1, 0.15) is 18.0 Å². The van der Waals surface area contributed by atoms with E-state index in [9.17, 15) is 28.1 Å². The molecule has 0 spiro atoms. The van der Waals surface area contributed by atoms with Gasteiger partial charge in [-0.2, -0.15) is 13.2 Å². The second kappa shape index (κ2) is 11.0. The molecule has 8 nitrogen and oxygen atoms in total. The van der Waals surface area contributed by atoms with Crippen molar-refractivity contribution in [1.82, 2.24) is 5.32 Å². The number of alkyl halides is 3. The number of hydrogen-bond donors (Lipinski definition) is 2. The number of nitro groups is 1. The van der Waals surface area contributed by atoms with Crippen molar-refractivity contribution in [3.63, 3.8) is 0 Å². The number of hydrogen-bond acceptors (Lipinski definition) is 6. The van der Waals surface area contributed by atoms with E-state index in [4.69, 9.17) is 9.47 Å². The fraction of sp³-hybridized carbons (Fsp3) is 0.409. The first-order valence-corrected chi connectivity index (χ1v) is 10.4. The van der Waals surface area contributed by atoms with Crippen molar-refractivity contribution >= 4 is 17.3 Å². The third kappa shape index (κ3) is 7.35. The molecule has 0 bridgehead atoms. The molecule has 1 saturated heterocycles. The molecular formula is C22H24F3N3O5. The molecular weight excluding hydrogens is 443 g/mol. The highest BCUT2D eigenvalue weighted by Gasteiger charge is 2.33. The Balaban J connectivity index is 1.42. The van der Waals surface area contributed by atoms with Crippen LogP contribution in [0.15, 0.2) is 42.5 Å². The Bertz CT molecular complexity index is 961. The molecule has 2 N–H and O–H groups in total. The number of halogens is 3. The van der Waals surface area contributed by atoms with E-state index in [1.54, 1.807) is 0 Å². The van der Waals surface area contributed by atoms with Crippen LogP contribution < -0.4 is 15.4 Å². The van der Waals surface area contributed by atoms with Crippen LogP contribution in [0.25, 0.3) is 0 Å². The fourth-order valence-electron chi connectivity index (χ4n) is 3.28. The Hall–Kier alpha value is -3.34. The van der Waals surface area contributed by atoms with Crippen LogP contribution >= 0.6 is 0 Å². The molecule has 2 aromatic carbocycles. The van der Waals surface area contributed by atoms with Gasteiger partial charge in [-0.3, -0.25) is 14.9 Å². The van der Waals surface area contributed by atoms with Crippen LogP contribution in [0.5, 0.6) is 5.75 Å². The van der Waals surface area contributed by atoms with Gasteiger partial charge in [0.15, 0.2) is 0 Å². The standard InChI is InChI=1S/C22H24F3N3O5/c23-22(24,25)16-5-8-19(20(12-16)28(30)31)26-10-9-21(29)27-13-15-3-6-17(7-4-15)33-14-18-2-1-11-32-18/h3-8,12,18,26H,1-2,9-11,13-14H2,(H,27,29). The molecule has 2 aromatic rings. The molecule has 33 heavy (non-hydrogen) atoms. The predicted octanol–water partition coefficient (Wildman–Crippen LogP) is 4.29. The van der Waals surface area contributed by atoms with Gasteiger partial charge in [0.25, 0.3) is 5.69 Å². The molecule has 11 heteroatoms. The number of carbonyl (C=O) groups excluding carboxylic acids is 1. The Morgan fingerprint density at radius 3 is 2.61 bits per heavy atom. The highest BCUT2D eigenvalue weighted by molar-refractivity contribution is 5.76. The number of carbonyl (C=O) groups is 1. The minimum absolute atomic E-state index is 0.0131. The largest absolute Gasteiger partial charge is 0.491 e. The van der Waals surface area contributed by atoms with Gasteiger partial charge in [0.2, 0.25) is 5.91 Å². The van der Waals surface area contributed by atoms with Crippen LogP contribution in [0.4, 0.5) is 24.5 Å². The van der Waals surface area contributed by atoms with Crippen molar-refractivity contribution in [2.75, 3.05) is 25.1 Å². The number of nitrogens with one attached hydrogen (secondary N) is 2. The monoisotopic (exact) mass is 467 g/mol. The lowest BCUT2D eigenvalue weighted by Crippen LogP contribution is -2.25. The smallest absolute Gasteiger partial charge is 0.416 e. The van der Waals surface area contributed by atoms with E-state index >= 15 is 0 Å². The Kier molecular flexibility index (Phi) is 8.10. The number of rotatable bonds is 10. The Morgan fingerprint density at radius 1 is 1.21 bits per heavy atom. The van der Waals surface area contributed by atoms with Gasteiger partial charge < -0.3 is 20.1 Å². The number of anilines is 1. The lowest BCUT2D eigenvalue weighted by molar-refractivity contribution is -0.384. The molecule has 0 aliphatic carbocycles. The first-order valence-electron chi connectivity index (χ1n) is 10.4. The number of benzene rings is 2. The minimum Gasteiger partial charge on any atom is -0.491 e. The zero-order valence-electron chi connectivity index (χ0n) is 17.7. The number of ether oxygens (including phenoxy) is 2.